The molecule has 20 heavy (non-hydrogen) atoms. The molecular weight excluding hydrogens is 276 g/mol. The summed E-state index contributed by atoms with van der Waals surface area (Å²) in [5, 5.41) is 15.1. The van der Waals surface area contributed by atoms with Crippen LogP contribution < -0.4 is 5.32 Å². The van der Waals surface area contributed by atoms with E-state index in [-0.39, 0.29) is 5.91 Å². The second-order valence-electron chi connectivity index (χ2n) is 5.53. The summed E-state index contributed by atoms with van der Waals surface area (Å²) in [4.78, 5) is 27.5. The van der Waals surface area contributed by atoms with E-state index in [1.807, 2.05) is 12.3 Å². The lowest BCUT2D eigenvalue weighted by atomic mass is 9.74. The molecule has 0 aliphatic heterocycles. The number of hydrogen-bond acceptors (Lipinski definition) is 4. The quantitative estimate of drug-likeness (QED) is 0.873. The maximum Gasteiger partial charge on any atom is 0.308 e. The van der Waals surface area contributed by atoms with E-state index >= 15 is 0 Å². The van der Waals surface area contributed by atoms with Gasteiger partial charge in [-0.1, -0.05) is 12.8 Å². The third-order valence-electron chi connectivity index (χ3n) is 3.98. The van der Waals surface area contributed by atoms with Crippen LogP contribution in [-0.4, -0.2) is 27.5 Å². The van der Waals surface area contributed by atoms with Crippen molar-refractivity contribution >= 4 is 23.2 Å². The lowest BCUT2D eigenvalue weighted by molar-refractivity contribution is -0.146. The molecule has 1 amide bonds. The molecule has 1 aromatic heterocycles. The monoisotopic (exact) mass is 296 g/mol. The number of carboxylic acids is 1. The predicted molar refractivity (Wildman–Crippen MR) is 76.6 cm³/mol. The van der Waals surface area contributed by atoms with Crippen LogP contribution in [0.4, 0.5) is 0 Å². The van der Waals surface area contributed by atoms with E-state index in [1.54, 1.807) is 6.20 Å². The Kier molecular flexibility index (Phi) is 4.75. The Morgan fingerprint density at radius 3 is 3.00 bits per heavy atom. The van der Waals surface area contributed by atoms with Crippen molar-refractivity contribution in [2.45, 2.75) is 51.0 Å². The number of aliphatic carboxylic acids is 1. The normalized spacial score (nSPS) is 26.1. The molecule has 0 bridgehead atoms. The topological polar surface area (TPSA) is 79.3 Å². The van der Waals surface area contributed by atoms with Crippen LogP contribution in [0.5, 0.6) is 0 Å². The predicted octanol–water partition coefficient (Wildman–Crippen LogP) is 2.23. The minimum absolute atomic E-state index is 0.0872. The molecule has 0 spiro atoms. The van der Waals surface area contributed by atoms with Crippen molar-refractivity contribution in [3.05, 3.63) is 16.6 Å². The summed E-state index contributed by atoms with van der Waals surface area (Å²) in [6, 6.07) is 0. The number of nitrogens with zero attached hydrogens (tertiary/aromatic N) is 1. The van der Waals surface area contributed by atoms with Gasteiger partial charge >= 0.3 is 5.97 Å². The third-order valence-corrected chi connectivity index (χ3v) is 4.82. The third kappa shape index (κ3) is 3.56. The number of amides is 1. The number of carbonyl (C=O) groups excluding carboxylic acids is 1. The second kappa shape index (κ2) is 6.35. The molecule has 2 rings (SSSR count). The van der Waals surface area contributed by atoms with Gasteiger partial charge in [0.2, 0.25) is 5.91 Å². The molecule has 1 saturated carbocycles. The molecule has 1 aliphatic rings. The van der Waals surface area contributed by atoms with E-state index in [4.69, 9.17) is 0 Å². The van der Waals surface area contributed by atoms with Gasteiger partial charge in [-0.3, -0.25) is 9.59 Å². The molecule has 1 heterocycles. The molecule has 2 N–H and O–H groups in total. The fourth-order valence-corrected chi connectivity index (χ4v) is 3.48. The Hall–Kier alpha value is -1.43. The average Bonchev–Trinajstić information content (AvgIpc) is 2.89. The largest absolute Gasteiger partial charge is 0.481 e. The van der Waals surface area contributed by atoms with Crippen molar-refractivity contribution in [2.24, 2.45) is 5.92 Å². The number of hydrogen-bond donors (Lipinski definition) is 2. The zero-order valence-corrected chi connectivity index (χ0v) is 12.4. The molecule has 0 radical (unpaired) electrons. The van der Waals surface area contributed by atoms with E-state index < -0.39 is 17.4 Å². The molecule has 110 valence electrons. The van der Waals surface area contributed by atoms with Gasteiger partial charge in [-0.25, -0.2) is 4.98 Å². The first-order valence-corrected chi connectivity index (χ1v) is 7.81. The van der Waals surface area contributed by atoms with Crippen LogP contribution in [0, 0.1) is 5.92 Å². The van der Waals surface area contributed by atoms with E-state index in [9.17, 15) is 14.7 Å². The molecule has 0 aromatic carbocycles. The van der Waals surface area contributed by atoms with Crippen LogP contribution in [0.1, 0.15) is 44.0 Å². The minimum atomic E-state index is -0.813. The second-order valence-corrected chi connectivity index (χ2v) is 6.51. The lowest BCUT2D eigenvalue weighted by Crippen LogP contribution is -2.55. The summed E-state index contributed by atoms with van der Waals surface area (Å²) in [6.45, 7) is 1.85. The maximum absolute atomic E-state index is 12.1. The van der Waals surface area contributed by atoms with Crippen molar-refractivity contribution in [1.29, 1.82) is 0 Å². The molecule has 1 aromatic rings. The van der Waals surface area contributed by atoms with E-state index in [1.165, 1.54) is 11.3 Å². The first-order valence-electron chi connectivity index (χ1n) is 6.93. The summed E-state index contributed by atoms with van der Waals surface area (Å²) in [5.74, 6) is -1.39. The van der Waals surface area contributed by atoms with E-state index in [0.29, 0.717) is 19.3 Å². The first kappa shape index (κ1) is 15.0. The number of aryl methyl sites for hydroxylation is 1. The van der Waals surface area contributed by atoms with Gasteiger partial charge in [0.25, 0.3) is 0 Å². The van der Waals surface area contributed by atoms with Crippen molar-refractivity contribution in [2.75, 3.05) is 0 Å². The summed E-state index contributed by atoms with van der Waals surface area (Å²) >= 11 is 1.53. The number of aromatic nitrogens is 1. The van der Waals surface area contributed by atoms with Gasteiger partial charge in [0.1, 0.15) is 0 Å². The van der Waals surface area contributed by atoms with Crippen LogP contribution in [-0.2, 0) is 16.0 Å². The van der Waals surface area contributed by atoms with Gasteiger partial charge in [-0.15, -0.1) is 11.3 Å². The number of rotatable bonds is 5. The SMILES string of the molecule is CC1(NC(=O)CCc2nccs2)CCCCC1C(=O)O. The molecule has 0 saturated heterocycles. The van der Waals surface area contributed by atoms with Crippen LogP contribution in [0.15, 0.2) is 11.6 Å². The Balaban J connectivity index is 1.92. The molecule has 6 heteroatoms. The molecule has 1 fully saturated rings. The summed E-state index contributed by atoms with van der Waals surface area (Å²) in [6.07, 6.45) is 5.94. The highest BCUT2D eigenvalue weighted by atomic mass is 32.1. The standard InChI is InChI=1S/C14H20N2O3S/c1-14(7-3-2-4-10(14)13(18)19)16-11(17)5-6-12-15-8-9-20-12/h8-10H,2-7H2,1H3,(H,16,17)(H,18,19). The van der Waals surface area contributed by atoms with Crippen LogP contribution >= 0.6 is 11.3 Å². The Morgan fingerprint density at radius 2 is 2.35 bits per heavy atom. The Morgan fingerprint density at radius 1 is 1.55 bits per heavy atom. The van der Waals surface area contributed by atoms with Crippen molar-refractivity contribution in [1.82, 2.24) is 10.3 Å². The molecular formula is C14H20N2O3S. The average molecular weight is 296 g/mol. The van der Waals surface area contributed by atoms with Crippen LogP contribution in [0.3, 0.4) is 0 Å². The Bertz CT molecular complexity index is 475. The van der Waals surface area contributed by atoms with E-state index in [0.717, 1.165) is 24.3 Å². The van der Waals surface area contributed by atoms with Gasteiger partial charge in [0, 0.05) is 24.4 Å². The maximum atomic E-state index is 12.1. The minimum Gasteiger partial charge on any atom is -0.481 e. The molecule has 1 aliphatic carbocycles. The molecule has 2 unspecified atom stereocenters. The molecule has 2 atom stereocenters. The fourth-order valence-electron chi connectivity index (χ4n) is 2.86. The highest BCUT2D eigenvalue weighted by molar-refractivity contribution is 7.09. The first-order chi connectivity index (χ1) is 9.51. The summed E-state index contributed by atoms with van der Waals surface area (Å²) < 4.78 is 0. The number of carbonyl (C=O) groups is 2. The number of nitrogens with one attached hydrogen (secondary N) is 1. The van der Waals surface area contributed by atoms with Gasteiger partial charge in [0.15, 0.2) is 0 Å². The zero-order chi connectivity index (χ0) is 14.6. The summed E-state index contributed by atoms with van der Waals surface area (Å²) in [5.41, 5.74) is -0.621. The molecule has 5 nitrogen and oxygen atoms in total. The van der Waals surface area contributed by atoms with Gasteiger partial charge in [-0.2, -0.15) is 0 Å². The zero-order valence-electron chi connectivity index (χ0n) is 11.6. The van der Waals surface area contributed by atoms with E-state index in [2.05, 4.69) is 10.3 Å². The van der Waals surface area contributed by atoms with Crippen molar-refractivity contribution in [3.63, 3.8) is 0 Å². The van der Waals surface area contributed by atoms with Gasteiger partial charge in [-0.05, 0) is 19.8 Å². The van der Waals surface area contributed by atoms with Crippen LogP contribution in [0.2, 0.25) is 0 Å². The number of carboxylic acid groups (broad SMARTS) is 1. The lowest BCUT2D eigenvalue weighted by Gasteiger charge is -2.39. The fraction of sp³-hybridized carbons (Fsp3) is 0.643. The highest BCUT2D eigenvalue weighted by Crippen LogP contribution is 2.33. The van der Waals surface area contributed by atoms with Gasteiger partial charge in [0.05, 0.1) is 16.5 Å². The number of thiazole rings is 1. The van der Waals surface area contributed by atoms with Crippen LogP contribution in [0.25, 0.3) is 0 Å². The summed E-state index contributed by atoms with van der Waals surface area (Å²) in [7, 11) is 0. The van der Waals surface area contributed by atoms with Crippen molar-refractivity contribution in [3.8, 4) is 0 Å². The smallest absolute Gasteiger partial charge is 0.308 e. The van der Waals surface area contributed by atoms with Crippen molar-refractivity contribution < 1.29 is 14.7 Å². The Labute approximate surface area is 122 Å². The van der Waals surface area contributed by atoms with Gasteiger partial charge < -0.3 is 10.4 Å². The highest BCUT2D eigenvalue weighted by Gasteiger charge is 2.41.